The van der Waals surface area contributed by atoms with Gasteiger partial charge in [-0.05, 0) is 50.9 Å². The van der Waals surface area contributed by atoms with Crippen molar-refractivity contribution in [2.45, 2.75) is 57.5 Å². The third kappa shape index (κ3) is 3.42. The second kappa shape index (κ2) is 6.44. The fraction of sp³-hybridized carbons (Fsp3) is 0.688. The lowest BCUT2D eigenvalue weighted by atomic mass is 9.95. The maximum Gasteiger partial charge on any atom is 0.287 e. The van der Waals surface area contributed by atoms with Crippen molar-refractivity contribution in [1.29, 1.82) is 0 Å². The molecule has 1 amide bonds. The Morgan fingerprint density at radius 3 is 2.65 bits per heavy atom. The highest BCUT2D eigenvalue weighted by Crippen LogP contribution is 2.19. The molecule has 1 N–H and O–H groups in total. The van der Waals surface area contributed by atoms with Crippen LogP contribution in [0.25, 0.3) is 0 Å². The van der Waals surface area contributed by atoms with E-state index < -0.39 is 0 Å². The number of furan rings is 1. The summed E-state index contributed by atoms with van der Waals surface area (Å²) in [6.07, 6.45) is 8.51. The van der Waals surface area contributed by atoms with Crippen LogP contribution in [0.2, 0.25) is 0 Å². The third-order valence-corrected chi connectivity index (χ3v) is 4.40. The lowest BCUT2D eigenvalue weighted by molar-refractivity contribution is 0.0896. The van der Waals surface area contributed by atoms with E-state index in [4.69, 9.17) is 4.42 Å². The SMILES string of the molecule is O=C(NC1CCCCC1)c1ccc(CN2CCCC2)o1. The average Bonchev–Trinajstić information content (AvgIpc) is 3.12. The molecule has 1 saturated carbocycles. The Morgan fingerprint density at radius 1 is 1.15 bits per heavy atom. The lowest BCUT2D eigenvalue weighted by Gasteiger charge is -2.22. The highest BCUT2D eigenvalue weighted by Gasteiger charge is 2.19. The van der Waals surface area contributed by atoms with Crippen molar-refractivity contribution < 1.29 is 9.21 Å². The van der Waals surface area contributed by atoms with Gasteiger partial charge in [-0.2, -0.15) is 0 Å². The largest absolute Gasteiger partial charge is 0.455 e. The summed E-state index contributed by atoms with van der Waals surface area (Å²) in [5, 5.41) is 3.10. The van der Waals surface area contributed by atoms with E-state index in [-0.39, 0.29) is 5.91 Å². The summed E-state index contributed by atoms with van der Waals surface area (Å²) < 4.78 is 5.70. The van der Waals surface area contributed by atoms with Crippen molar-refractivity contribution >= 4 is 5.91 Å². The van der Waals surface area contributed by atoms with Gasteiger partial charge in [-0.1, -0.05) is 19.3 Å². The van der Waals surface area contributed by atoms with Crippen molar-refractivity contribution in [1.82, 2.24) is 10.2 Å². The van der Waals surface area contributed by atoms with Crippen LogP contribution in [0.3, 0.4) is 0 Å². The molecule has 1 aliphatic carbocycles. The number of hydrogen-bond acceptors (Lipinski definition) is 3. The molecule has 2 aliphatic rings. The monoisotopic (exact) mass is 276 g/mol. The minimum absolute atomic E-state index is 0.0513. The molecule has 1 aromatic heterocycles. The van der Waals surface area contributed by atoms with Crippen LogP contribution in [0.15, 0.2) is 16.5 Å². The van der Waals surface area contributed by atoms with E-state index in [1.165, 1.54) is 32.1 Å². The first kappa shape index (κ1) is 13.7. The van der Waals surface area contributed by atoms with Gasteiger partial charge in [0.25, 0.3) is 5.91 Å². The highest BCUT2D eigenvalue weighted by atomic mass is 16.4. The second-order valence-electron chi connectivity index (χ2n) is 6.06. The Hall–Kier alpha value is -1.29. The zero-order valence-corrected chi connectivity index (χ0v) is 12.1. The Bertz CT molecular complexity index is 443. The fourth-order valence-electron chi connectivity index (χ4n) is 3.25. The molecule has 2 fully saturated rings. The van der Waals surface area contributed by atoms with Gasteiger partial charge in [0.15, 0.2) is 5.76 Å². The van der Waals surface area contributed by atoms with Crippen LogP contribution in [0.5, 0.6) is 0 Å². The molecule has 4 heteroatoms. The number of amides is 1. The summed E-state index contributed by atoms with van der Waals surface area (Å²) in [6, 6.07) is 4.08. The molecule has 4 nitrogen and oxygen atoms in total. The van der Waals surface area contributed by atoms with E-state index in [2.05, 4.69) is 10.2 Å². The van der Waals surface area contributed by atoms with Gasteiger partial charge in [-0.3, -0.25) is 9.69 Å². The minimum Gasteiger partial charge on any atom is -0.455 e. The Morgan fingerprint density at radius 2 is 1.90 bits per heavy atom. The molecular formula is C16H24N2O2. The summed E-state index contributed by atoms with van der Waals surface area (Å²) in [7, 11) is 0. The number of nitrogens with zero attached hydrogens (tertiary/aromatic N) is 1. The molecule has 0 unspecified atom stereocenters. The smallest absolute Gasteiger partial charge is 0.287 e. The molecule has 0 spiro atoms. The fourth-order valence-corrected chi connectivity index (χ4v) is 3.25. The number of nitrogens with one attached hydrogen (secondary N) is 1. The van der Waals surface area contributed by atoms with Crippen molar-refractivity contribution in [2.75, 3.05) is 13.1 Å². The van der Waals surface area contributed by atoms with Crippen LogP contribution >= 0.6 is 0 Å². The van der Waals surface area contributed by atoms with Gasteiger partial charge in [0.1, 0.15) is 5.76 Å². The van der Waals surface area contributed by atoms with Crippen LogP contribution in [0, 0.1) is 0 Å². The second-order valence-corrected chi connectivity index (χ2v) is 6.06. The number of carbonyl (C=O) groups excluding carboxylic acids is 1. The van der Waals surface area contributed by atoms with Gasteiger partial charge >= 0.3 is 0 Å². The summed E-state index contributed by atoms with van der Waals surface area (Å²) in [4.78, 5) is 14.5. The maximum atomic E-state index is 12.1. The lowest BCUT2D eigenvalue weighted by Crippen LogP contribution is -2.35. The van der Waals surface area contributed by atoms with Gasteiger partial charge in [0.05, 0.1) is 6.54 Å². The van der Waals surface area contributed by atoms with Gasteiger partial charge in [0, 0.05) is 6.04 Å². The molecule has 0 atom stereocenters. The molecule has 0 radical (unpaired) electrons. The molecule has 110 valence electrons. The Labute approximate surface area is 120 Å². The maximum absolute atomic E-state index is 12.1. The highest BCUT2D eigenvalue weighted by molar-refractivity contribution is 5.91. The zero-order valence-electron chi connectivity index (χ0n) is 12.1. The van der Waals surface area contributed by atoms with Crippen LogP contribution in [-0.2, 0) is 6.54 Å². The zero-order chi connectivity index (χ0) is 13.8. The van der Waals surface area contributed by atoms with E-state index in [0.717, 1.165) is 38.2 Å². The van der Waals surface area contributed by atoms with Crippen molar-refractivity contribution in [3.05, 3.63) is 23.7 Å². The predicted octanol–water partition coefficient (Wildman–Crippen LogP) is 2.94. The first-order valence-electron chi connectivity index (χ1n) is 7.93. The van der Waals surface area contributed by atoms with Gasteiger partial charge in [0.2, 0.25) is 0 Å². The van der Waals surface area contributed by atoms with Gasteiger partial charge < -0.3 is 9.73 Å². The van der Waals surface area contributed by atoms with Crippen molar-refractivity contribution in [3.8, 4) is 0 Å². The molecule has 1 saturated heterocycles. The van der Waals surface area contributed by atoms with E-state index in [1.807, 2.05) is 12.1 Å². The first-order valence-corrected chi connectivity index (χ1v) is 7.93. The Balaban J connectivity index is 1.53. The molecule has 1 aromatic rings. The standard InChI is InChI=1S/C16H24N2O2/c19-16(17-13-6-2-1-3-7-13)15-9-8-14(20-15)12-18-10-4-5-11-18/h8-9,13H,1-7,10-12H2,(H,17,19). The summed E-state index contributed by atoms with van der Waals surface area (Å²) in [5.74, 6) is 1.31. The summed E-state index contributed by atoms with van der Waals surface area (Å²) in [6.45, 7) is 3.12. The summed E-state index contributed by atoms with van der Waals surface area (Å²) >= 11 is 0. The van der Waals surface area contributed by atoms with Gasteiger partial charge in [-0.15, -0.1) is 0 Å². The quantitative estimate of drug-likeness (QED) is 0.919. The molecule has 2 heterocycles. The minimum atomic E-state index is -0.0513. The number of likely N-dealkylation sites (tertiary alicyclic amines) is 1. The number of carbonyl (C=O) groups is 1. The van der Waals surface area contributed by atoms with Crippen molar-refractivity contribution in [3.63, 3.8) is 0 Å². The van der Waals surface area contributed by atoms with E-state index in [9.17, 15) is 4.79 Å². The molecular weight excluding hydrogens is 252 g/mol. The number of hydrogen-bond donors (Lipinski definition) is 1. The third-order valence-electron chi connectivity index (χ3n) is 4.40. The van der Waals surface area contributed by atoms with Gasteiger partial charge in [-0.25, -0.2) is 0 Å². The van der Waals surface area contributed by atoms with Crippen LogP contribution < -0.4 is 5.32 Å². The summed E-state index contributed by atoms with van der Waals surface area (Å²) in [5.41, 5.74) is 0. The van der Waals surface area contributed by atoms with Crippen LogP contribution in [-0.4, -0.2) is 29.9 Å². The molecule has 0 bridgehead atoms. The van der Waals surface area contributed by atoms with E-state index >= 15 is 0 Å². The van der Waals surface area contributed by atoms with Crippen molar-refractivity contribution in [2.24, 2.45) is 0 Å². The van der Waals surface area contributed by atoms with Crippen LogP contribution in [0.1, 0.15) is 61.3 Å². The van der Waals surface area contributed by atoms with E-state index in [1.54, 1.807) is 0 Å². The van der Waals surface area contributed by atoms with Crippen LogP contribution in [0.4, 0.5) is 0 Å². The van der Waals surface area contributed by atoms with E-state index in [0.29, 0.717) is 11.8 Å². The molecule has 3 rings (SSSR count). The predicted molar refractivity (Wildman–Crippen MR) is 77.6 cm³/mol. The molecule has 0 aromatic carbocycles. The topological polar surface area (TPSA) is 45.5 Å². The first-order chi connectivity index (χ1) is 9.81. The normalized spacial score (nSPS) is 21.2. The Kier molecular flexibility index (Phi) is 4.41. The molecule has 20 heavy (non-hydrogen) atoms. The molecule has 1 aliphatic heterocycles. The average molecular weight is 276 g/mol. The number of rotatable bonds is 4.